The van der Waals surface area contributed by atoms with Crippen LogP contribution in [0.15, 0.2) is 48.5 Å². The van der Waals surface area contributed by atoms with Crippen LogP contribution in [0, 0.1) is 6.92 Å². The summed E-state index contributed by atoms with van der Waals surface area (Å²) in [6, 6.07) is 13.8. The Bertz CT molecular complexity index is 606. The van der Waals surface area contributed by atoms with Gasteiger partial charge < -0.3 is 15.7 Å². The van der Waals surface area contributed by atoms with Crippen LogP contribution in [-0.2, 0) is 11.3 Å². The minimum atomic E-state index is -0.660. The largest absolute Gasteiger partial charge is 0.508 e. The lowest BCUT2D eigenvalue weighted by molar-refractivity contribution is -0.131. The summed E-state index contributed by atoms with van der Waals surface area (Å²) >= 11 is 0. The number of rotatable bonds is 4. The van der Waals surface area contributed by atoms with Gasteiger partial charge in [-0.3, -0.25) is 4.79 Å². The van der Waals surface area contributed by atoms with Crippen LogP contribution in [0.3, 0.4) is 0 Å². The predicted molar refractivity (Wildman–Crippen MR) is 82.7 cm³/mol. The van der Waals surface area contributed by atoms with Crippen LogP contribution < -0.4 is 5.73 Å². The Morgan fingerprint density at radius 3 is 2.29 bits per heavy atom. The molecular formula is C17H20N2O2. The van der Waals surface area contributed by atoms with Gasteiger partial charge in [-0.25, -0.2) is 0 Å². The summed E-state index contributed by atoms with van der Waals surface area (Å²) in [5.41, 5.74) is 8.92. The lowest BCUT2D eigenvalue weighted by Crippen LogP contribution is -2.35. The smallest absolute Gasteiger partial charge is 0.244 e. The highest BCUT2D eigenvalue weighted by atomic mass is 16.3. The van der Waals surface area contributed by atoms with Crippen molar-refractivity contribution in [3.8, 4) is 5.75 Å². The Kier molecular flexibility index (Phi) is 4.60. The molecule has 3 N–H and O–H groups in total. The average Bonchev–Trinajstić information content (AvgIpc) is 2.49. The maximum absolute atomic E-state index is 12.4. The number of nitrogens with zero attached hydrogens (tertiary/aromatic N) is 1. The summed E-state index contributed by atoms with van der Waals surface area (Å²) in [5, 5.41) is 9.26. The molecule has 0 saturated carbocycles. The Hall–Kier alpha value is -2.33. The monoisotopic (exact) mass is 284 g/mol. The first-order valence-corrected chi connectivity index (χ1v) is 6.82. The molecule has 1 amide bonds. The van der Waals surface area contributed by atoms with E-state index in [0.717, 1.165) is 16.7 Å². The van der Waals surface area contributed by atoms with Crippen molar-refractivity contribution in [1.82, 2.24) is 4.90 Å². The molecule has 0 heterocycles. The van der Waals surface area contributed by atoms with E-state index in [4.69, 9.17) is 5.73 Å². The van der Waals surface area contributed by atoms with Gasteiger partial charge in [0.25, 0.3) is 0 Å². The quantitative estimate of drug-likeness (QED) is 0.905. The first kappa shape index (κ1) is 15.1. The second-order valence-corrected chi connectivity index (χ2v) is 5.25. The van der Waals surface area contributed by atoms with Crippen LogP contribution in [-0.4, -0.2) is 23.0 Å². The van der Waals surface area contributed by atoms with E-state index in [-0.39, 0.29) is 11.7 Å². The fourth-order valence-corrected chi connectivity index (χ4v) is 2.11. The van der Waals surface area contributed by atoms with Crippen molar-refractivity contribution in [3.63, 3.8) is 0 Å². The maximum atomic E-state index is 12.4. The van der Waals surface area contributed by atoms with E-state index >= 15 is 0 Å². The number of hydrogen-bond acceptors (Lipinski definition) is 3. The van der Waals surface area contributed by atoms with Crippen LogP contribution >= 0.6 is 0 Å². The minimum absolute atomic E-state index is 0.132. The van der Waals surface area contributed by atoms with E-state index in [1.807, 2.05) is 31.2 Å². The predicted octanol–water partition coefficient (Wildman–Crippen LogP) is 2.36. The number of carbonyl (C=O) groups excluding carboxylic acids is 1. The van der Waals surface area contributed by atoms with Gasteiger partial charge in [0.05, 0.1) is 0 Å². The van der Waals surface area contributed by atoms with E-state index in [9.17, 15) is 9.90 Å². The van der Waals surface area contributed by atoms with Crippen molar-refractivity contribution >= 4 is 5.91 Å². The van der Waals surface area contributed by atoms with Crippen molar-refractivity contribution in [2.75, 3.05) is 7.05 Å². The molecule has 2 aromatic rings. The van der Waals surface area contributed by atoms with Crippen molar-refractivity contribution in [2.24, 2.45) is 5.73 Å². The number of aryl methyl sites for hydroxylation is 1. The molecule has 0 saturated heterocycles. The zero-order valence-electron chi connectivity index (χ0n) is 12.3. The van der Waals surface area contributed by atoms with E-state index in [0.29, 0.717) is 6.54 Å². The summed E-state index contributed by atoms with van der Waals surface area (Å²) in [5.74, 6) is 0.0796. The van der Waals surface area contributed by atoms with Gasteiger partial charge in [0, 0.05) is 13.6 Å². The summed E-state index contributed by atoms with van der Waals surface area (Å²) in [6.07, 6.45) is 0. The zero-order chi connectivity index (χ0) is 15.4. The molecule has 4 heteroatoms. The first-order valence-electron chi connectivity index (χ1n) is 6.82. The second-order valence-electron chi connectivity index (χ2n) is 5.25. The Morgan fingerprint density at radius 2 is 1.71 bits per heavy atom. The van der Waals surface area contributed by atoms with Gasteiger partial charge in [-0.05, 0) is 30.2 Å². The molecule has 0 bridgehead atoms. The van der Waals surface area contributed by atoms with Crippen molar-refractivity contribution in [2.45, 2.75) is 19.5 Å². The lowest BCUT2D eigenvalue weighted by Gasteiger charge is -2.21. The number of phenols is 1. The van der Waals surface area contributed by atoms with E-state index in [1.165, 1.54) is 0 Å². The molecule has 21 heavy (non-hydrogen) atoms. The second kappa shape index (κ2) is 6.41. The number of amides is 1. The van der Waals surface area contributed by atoms with Crippen LogP contribution in [0.1, 0.15) is 22.7 Å². The molecule has 0 aliphatic heterocycles. The Balaban J connectivity index is 2.04. The molecule has 0 fully saturated rings. The molecule has 2 aromatic carbocycles. The summed E-state index contributed by atoms with van der Waals surface area (Å²) in [7, 11) is 1.73. The summed E-state index contributed by atoms with van der Waals surface area (Å²) in [6.45, 7) is 2.45. The highest BCUT2D eigenvalue weighted by Crippen LogP contribution is 2.16. The highest BCUT2D eigenvalue weighted by molar-refractivity contribution is 5.82. The number of hydrogen-bond donors (Lipinski definition) is 2. The molecule has 1 atom stereocenters. The molecular weight excluding hydrogens is 264 g/mol. The normalized spacial score (nSPS) is 12.0. The summed E-state index contributed by atoms with van der Waals surface area (Å²) in [4.78, 5) is 13.9. The van der Waals surface area contributed by atoms with Crippen LogP contribution in [0.25, 0.3) is 0 Å². The fraction of sp³-hybridized carbons (Fsp3) is 0.235. The number of nitrogens with two attached hydrogens (primary N) is 1. The topological polar surface area (TPSA) is 66.6 Å². The van der Waals surface area contributed by atoms with Gasteiger partial charge in [-0.1, -0.05) is 42.0 Å². The van der Waals surface area contributed by atoms with Gasteiger partial charge in [0.15, 0.2) is 0 Å². The van der Waals surface area contributed by atoms with Gasteiger partial charge in [0.1, 0.15) is 11.8 Å². The maximum Gasteiger partial charge on any atom is 0.244 e. The third kappa shape index (κ3) is 3.83. The molecule has 110 valence electrons. The fourth-order valence-electron chi connectivity index (χ4n) is 2.11. The lowest BCUT2D eigenvalue weighted by atomic mass is 10.0. The average molecular weight is 284 g/mol. The van der Waals surface area contributed by atoms with Gasteiger partial charge in [0.2, 0.25) is 5.91 Å². The third-order valence-corrected chi connectivity index (χ3v) is 3.43. The standard InChI is InChI=1S/C17H20N2O2/c1-12-3-7-14(8-4-12)16(18)17(21)19(2)11-13-5-9-15(20)10-6-13/h3-10,16,20H,11,18H2,1-2H3. The minimum Gasteiger partial charge on any atom is -0.508 e. The van der Waals surface area contributed by atoms with Gasteiger partial charge in [-0.2, -0.15) is 0 Å². The SMILES string of the molecule is Cc1ccc(C(N)C(=O)N(C)Cc2ccc(O)cc2)cc1. The van der Waals surface area contributed by atoms with E-state index in [2.05, 4.69) is 0 Å². The van der Waals surface area contributed by atoms with Crippen molar-refractivity contribution in [3.05, 3.63) is 65.2 Å². The molecule has 0 aliphatic carbocycles. The van der Waals surface area contributed by atoms with Gasteiger partial charge in [-0.15, -0.1) is 0 Å². The number of benzene rings is 2. The van der Waals surface area contributed by atoms with Crippen molar-refractivity contribution in [1.29, 1.82) is 0 Å². The number of carbonyl (C=O) groups is 1. The highest BCUT2D eigenvalue weighted by Gasteiger charge is 2.19. The number of likely N-dealkylation sites (N-methyl/N-ethyl adjacent to an activating group) is 1. The summed E-state index contributed by atoms with van der Waals surface area (Å²) < 4.78 is 0. The molecule has 4 nitrogen and oxygen atoms in total. The van der Waals surface area contributed by atoms with Crippen LogP contribution in [0.2, 0.25) is 0 Å². The van der Waals surface area contributed by atoms with Crippen LogP contribution in [0.4, 0.5) is 0 Å². The Labute approximate surface area is 124 Å². The number of aromatic hydroxyl groups is 1. The third-order valence-electron chi connectivity index (χ3n) is 3.43. The molecule has 2 rings (SSSR count). The molecule has 1 unspecified atom stereocenters. The number of phenolic OH excluding ortho intramolecular Hbond substituents is 1. The first-order chi connectivity index (χ1) is 9.97. The van der Waals surface area contributed by atoms with E-state index in [1.54, 1.807) is 36.2 Å². The molecule has 0 aromatic heterocycles. The van der Waals surface area contributed by atoms with E-state index < -0.39 is 6.04 Å². The Morgan fingerprint density at radius 1 is 1.14 bits per heavy atom. The van der Waals surface area contributed by atoms with Crippen molar-refractivity contribution < 1.29 is 9.90 Å². The van der Waals surface area contributed by atoms with Crippen LogP contribution in [0.5, 0.6) is 5.75 Å². The molecule has 0 radical (unpaired) electrons. The molecule has 0 spiro atoms. The zero-order valence-corrected chi connectivity index (χ0v) is 12.3. The van der Waals surface area contributed by atoms with Gasteiger partial charge >= 0.3 is 0 Å². The molecule has 0 aliphatic rings.